The van der Waals surface area contributed by atoms with Gasteiger partial charge >= 0.3 is 0 Å². The molecule has 0 unspecified atom stereocenters. The molecule has 0 radical (unpaired) electrons. The molecule has 3 heteroatoms. The summed E-state index contributed by atoms with van der Waals surface area (Å²) in [5, 5.41) is 5.76. The van der Waals surface area contributed by atoms with Crippen LogP contribution in [0.15, 0.2) is 42.1 Å². The summed E-state index contributed by atoms with van der Waals surface area (Å²) in [4.78, 5) is 4.46. The van der Waals surface area contributed by atoms with Crippen LogP contribution in [0.25, 0.3) is 10.8 Å². The van der Waals surface area contributed by atoms with Crippen LogP contribution < -0.4 is 10.1 Å². The summed E-state index contributed by atoms with van der Waals surface area (Å²) >= 11 is 0. The largest absolute Gasteiger partial charge is 0.497 e. The Labute approximate surface area is 119 Å². The first-order valence-corrected chi connectivity index (χ1v) is 7.21. The van der Waals surface area contributed by atoms with E-state index in [0.717, 1.165) is 35.3 Å². The molecule has 1 heterocycles. The van der Waals surface area contributed by atoms with Crippen molar-refractivity contribution in [3.05, 3.63) is 42.1 Å². The number of nitrogens with zero attached hydrogens (tertiary/aromatic N) is 1. The molecule has 3 rings (SSSR count). The predicted octanol–water partition coefficient (Wildman–Crippen LogP) is 4.16. The summed E-state index contributed by atoms with van der Waals surface area (Å²) in [5.41, 5.74) is 1.58. The van der Waals surface area contributed by atoms with Crippen LogP contribution in [0.4, 0.5) is 5.82 Å². The minimum atomic E-state index is 0.880. The summed E-state index contributed by atoms with van der Waals surface area (Å²) in [6.07, 6.45) is 9.18. The van der Waals surface area contributed by atoms with E-state index >= 15 is 0 Å². The van der Waals surface area contributed by atoms with Gasteiger partial charge in [-0.1, -0.05) is 11.6 Å². The Balaban J connectivity index is 1.73. The first kappa shape index (κ1) is 13.0. The molecule has 3 nitrogen and oxygen atoms in total. The van der Waals surface area contributed by atoms with E-state index in [1.165, 1.54) is 19.3 Å². The van der Waals surface area contributed by atoms with Crippen LogP contribution in [-0.2, 0) is 0 Å². The van der Waals surface area contributed by atoms with E-state index in [-0.39, 0.29) is 0 Å². The van der Waals surface area contributed by atoms with Gasteiger partial charge in [0.1, 0.15) is 11.6 Å². The molecule has 2 aromatic rings. The average molecular weight is 268 g/mol. The molecule has 0 atom stereocenters. The molecule has 0 bridgehead atoms. The fourth-order valence-corrected chi connectivity index (χ4v) is 2.73. The summed E-state index contributed by atoms with van der Waals surface area (Å²) in [5.74, 6) is 1.84. The Hall–Kier alpha value is -2.03. The Bertz CT molecular complexity index is 634. The van der Waals surface area contributed by atoms with Crippen molar-refractivity contribution in [1.29, 1.82) is 0 Å². The number of fused-ring (bicyclic) bond motifs is 1. The van der Waals surface area contributed by atoms with Gasteiger partial charge in [0.15, 0.2) is 0 Å². The number of anilines is 1. The molecule has 20 heavy (non-hydrogen) atoms. The molecule has 1 aromatic carbocycles. The maximum atomic E-state index is 5.26. The van der Waals surface area contributed by atoms with Crippen molar-refractivity contribution < 1.29 is 4.74 Å². The number of allylic oxidation sites excluding steroid dienone is 1. The molecular weight excluding hydrogens is 248 g/mol. The highest BCUT2D eigenvalue weighted by Gasteiger charge is 2.06. The molecule has 1 aliphatic rings. The second-order valence-electron chi connectivity index (χ2n) is 5.18. The molecular formula is C17H20N2O. The third-order valence-electron chi connectivity index (χ3n) is 3.85. The van der Waals surface area contributed by atoms with Crippen LogP contribution in [0.5, 0.6) is 5.75 Å². The zero-order chi connectivity index (χ0) is 13.8. The minimum absolute atomic E-state index is 0.880. The van der Waals surface area contributed by atoms with Crippen molar-refractivity contribution in [2.75, 3.05) is 19.0 Å². The van der Waals surface area contributed by atoms with Crippen LogP contribution >= 0.6 is 0 Å². The van der Waals surface area contributed by atoms with Gasteiger partial charge in [-0.2, -0.15) is 0 Å². The molecule has 0 amide bonds. The number of hydrogen-bond acceptors (Lipinski definition) is 3. The van der Waals surface area contributed by atoms with Gasteiger partial charge in [-0.05, 0) is 55.3 Å². The first-order valence-electron chi connectivity index (χ1n) is 7.21. The molecule has 0 saturated heterocycles. The standard InChI is InChI=1S/C17H20N2O/c1-20-15-6-7-16-14(12-15)9-11-19-17(16)18-10-8-13-4-2-3-5-13/h4,6-7,9,11-12H,2-3,5,8,10H2,1H3,(H,18,19). The third kappa shape index (κ3) is 2.77. The van der Waals surface area contributed by atoms with Gasteiger partial charge in [0.2, 0.25) is 0 Å². The molecule has 0 saturated carbocycles. The van der Waals surface area contributed by atoms with E-state index in [2.05, 4.69) is 22.4 Å². The van der Waals surface area contributed by atoms with Crippen molar-refractivity contribution in [2.24, 2.45) is 0 Å². The number of ether oxygens (including phenoxy) is 1. The molecule has 0 spiro atoms. The SMILES string of the molecule is COc1ccc2c(NCCC3=CCCC3)nccc2c1. The topological polar surface area (TPSA) is 34.1 Å². The number of pyridine rings is 1. The summed E-state index contributed by atoms with van der Waals surface area (Å²) in [7, 11) is 1.69. The Morgan fingerprint density at radius 2 is 2.25 bits per heavy atom. The molecule has 1 aromatic heterocycles. The zero-order valence-corrected chi connectivity index (χ0v) is 11.9. The zero-order valence-electron chi connectivity index (χ0n) is 11.9. The molecule has 104 valence electrons. The second kappa shape index (κ2) is 5.95. The van der Waals surface area contributed by atoms with Crippen LogP contribution in [-0.4, -0.2) is 18.6 Å². The lowest BCUT2D eigenvalue weighted by atomic mass is 10.1. The minimum Gasteiger partial charge on any atom is -0.497 e. The lowest BCUT2D eigenvalue weighted by Gasteiger charge is -2.10. The van der Waals surface area contributed by atoms with Crippen molar-refractivity contribution >= 4 is 16.6 Å². The molecule has 1 aliphatic carbocycles. The van der Waals surface area contributed by atoms with Crippen LogP contribution in [0.2, 0.25) is 0 Å². The van der Waals surface area contributed by atoms with Gasteiger partial charge in [-0.25, -0.2) is 4.98 Å². The van der Waals surface area contributed by atoms with E-state index in [4.69, 9.17) is 4.74 Å². The highest BCUT2D eigenvalue weighted by atomic mass is 16.5. The van der Waals surface area contributed by atoms with Gasteiger partial charge in [0, 0.05) is 18.1 Å². The van der Waals surface area contributed by atoms with Crippen LogP contribution in [0.3, 0.4) is 0 Å². The van der Waals surface area contributed by atoms with Gasteiger partial charge < -0.3 is 10.1 Å². The van der Waals surface area contributed by atoms with Gasteiger partial charge in [-0.15, -0.1) is 0 Å². The molecule has 1 N–H and O–H groups in total. The maximum Gasteiger partial charge on any atom is 0.133 e. The highest BCUT2D eigenvalue weighted by molar-refractivity contribution is 5.92. The fraction of sp³-hybridized carbons (Fsp3) is 0.353. The quantitative estimate of drug-likeness (QED) is 0.827. The Morgan fingerprint density at radius 1 is 1.30 bits per heavy atom. The smallest absolute Gasteiger partial charge is 0.133 e. The second-order valence-corrected chi connectivity index (χ2v) is 5.18. The van der Waals surface area contributed by atoms with Crippen molar-refractivity contribution in [1.82, 2.24) is 4.98 Å². The van der Waals surface area contributed by atoms with Crippen molar-refractivity contribution in [3.8, 4) is 5.75 Å². The summed E-state index contributed by atoms with van der Waals surface area (Å²) in [6.45, 7) is 0.948. The Kier molecular flexibility index (Phi) is 3.86. The van der Waals surface area contributed by atoms with E-state index < -0.39 is 0 Å². The molecule has 0 aliphatic heterocycles. The number of aromatic nitrogens is 1. The highest BCUT2D eigenvalue weighted by Crippen LogP contribution is 2.26. The average Bonchev–Trinajstić information content (AvgIpc) is 3.00. The maximum absolute atomic E-state index is 5.26. The number of nitrogens with one attached hydrogen (secondary N) is 1. The van der Waals surface area contributed by atoms with Crippen LogP contribution in [0.1, 0.15) is 25.7 Å². The van der Waals surface area contributed by atoms with Crippen molar-refractivity contribution in [2.45, 2.75) is 25.7 Å². The normalized spacial score (nSPS) is 14.3. The van der Waals surface area contributed by atoms with E-state index in [1.54, 1.807) is 12.7 Å². The van der Waals surface area contributed by atoms with Crippen LogP contribution in [0, 0.1) is 0 Å². The lowest BCUT2D eigenvalue weighted by Crippen LogP contribution is -2.04. The van der Waals surface area contributed by atoms with E-state index in [9.17, 15) is 0 Å². The predicted molar refractivity (Wildman–Crippen MR) is 83.3 cm³/mol. The number of benzene rings is 1. The molecule has 0 fully saturated rings. The monoisotopic (exact) mass is 268 g/mol. The fourth-order valence-electron chi connectivity index (χ4n) is 2.73. The number of hydrogen-bond donors (Lipinski definition) is 1. The number of methoxy groups -OCH3 is 1. The summed E-state index contributed by atoms with van der Waals surface area (Å²) < 4.78 is 5.26. The lowest BCUT2D eigenvalue weighted by molar-refractivity contribution is 0.415. The van der Waals surface area contributed by atoms with Gasteiger partial charge in [0.05, 0.1) is 7.11 Å². The Morgan fingerprint density at radius 3 is 3.05 bits per heavy atom. The van der Waals surface area contributed by atoms with Gasteiger partial charge in [-0.3, -0.25) is 0 Å². The summed E-state index contributed by atoms with van der Waals surface area (Å²) in [6, 6.07) is 8.11. The first-order chi connectivity index (χ1) is 9.86. The van der Waals surface area contributed by atoms with Gasteiger partial charge in [0.25, 0.3) is 0 Å². The number of rotatable bonds is 5. The third-order valence-corrected chi connectivity index (χ3v) is 3.85. The van der Waals surface area contributed by atoms with E-state index in [1.807, 2.05) is 24.4 Å². The van der Waals surface area contributed by atoms with Crippen molar-refractivity contribution in [3.63, 3.8) is 0 Å². The van der Waals surface area contributed by atoms with E-state index in [0.29, 0.717) is 0 Å².